The minimum absolute atomic E-state index is 0.295. The third kappa shape index (κ3) is 2.90. The van der Waals surface area contributed by atoms with Crippen LogP contribution in [0, 0.1) is 0 Å². The van der Waals surface area contributed by atoms with Gasteiger partial charge in [0.25, 0.3) is 0 Å². The van der Waals surface area contributed by atoms with Gasteiger partial charge in [-0.25, -0.2) is 9.97 Å². The summed E-state index contributed by atoms with van der Waals surface area (Å²) in [5, 5.41) is 0.975. The van der Waals surface area contributed by atoms with Crippen molar-refractivity contribution in [2.45, 2.75) is 19.4 Å². The first-order valence-electron chi connectivity index (χ1n) is 6.18. The van der Waals surface area contributed by atoms with Crippen LogP contribution in [-0.4, -0.2) is 14.5 Å². The topological polar surface area (TPSA) is 30.7 Å². The minimum Gasteiger partial charge on any atom is -0.329 e. The van der Waals surface area contributed by atoms with Crippen LogP contribution in [0.15, 0.2) is 56.3 Å². The van der Waals surface area contributed by atoms with Gasteiger partial charge >= 0.3 is 0 Å². The molecule has 2 rings (SSSR count). The van der Waals surface area contributed by atoms with E-state index in [2.05, 4.69) is 34.6 Å². The minimum atomic E-state index is 0.295. The Morgan fingerprint density at radius 3 is 2.95 bits per heavy atom. The summed E-state index contributed by atoms with van der Waals surface area (Å²) >= 11 is 1.69. The average Bonchev–Trinajstić information content (AvgIpc) is 3.09. The van der Waals surface area contributed by atoms with E-state index in [1.165, 1.54) is 4.88 Å². The van der Waals surface area contributed by atoms with E-state index in [1.807, 2.05) is 30.9 Å². The maximum Gasteiger partial charge on any atom is 0.123 e. The Labute approximate surface area is 117 Å². The Morgan fingerprint density at radius 2 is 2.37 bits per heavy atom. The zero-order valence-electron chi connectivity index (χ0n) is 11.0. The Bertz CT molecular complexity index is 578. The van der Waals surface area contributed by atoms with Crippen LogP contribution in [0.1, 0.15) is 29.3 Å². The summed E-state index contributed by atoms with van der Waals surface area (Å²) in [6.45, 7) is 9.69. The summed E-state index contributed by atoms with van der Waals surface area (Å²) in [6, 6.07) is 0.295. The van der Waals surface area contributed by atoms with Gasteiger partial charge in [-0.15, -0.1) is 11.3 Å². The molecular formula is C15H17N3S. The predicted octanol–water partition coefficient (Wildman–Crippen LogP) is 4.09. The van der Waals surface area contributed by atoms with Crippen LogP contribution in [-0.2, 0) is 0 Å². The molecule has 3 nitrogen and oxygen atoms in total. The summed E-state index contributed by atoms with van der Waals surface area (Å²) in [5.41, 5.74) is 1.01. The molecule has 0 aliphatic carbocycles. The number of aromatic nitrogens is 3. The SMILES string of the molecule is C=C/C=C(\C=C)c1ncc(C(CC)n2ccnc2)s1. The van der Waals surface area contributed by atoms with Crippen LogP contribution in [0.3, 0.4) is 0 Å². The highest BCUT2D eigenvalue weighted by Gasteiger charge is 2.15. The third-order valence-electron chi connectivity index (χ3n) is 2.89. The van der Waals surface area contributed by atoms with Crippen molar-refractivity contribution in [2.24, 2.45) is 0 Å². The molecule has 1 atom stereocenters. The van der Waals surface area contributed by atoms with Crippen LogP contribution in [0.25, 0.3) is 5.57 Å². The Hall–Kier alpha value is -1.94. The van der Waals surface area contributed by atoms with Gasteiger partial charge in [0.1, 0.15) is 5.01 Å². The summed E-state index contributed by atoms with van der Waals surface area (Å²) in [5.74, 6) is 0. The highest BCUT2D eigenvalue weighted by Crippen LogP contribution is 2.30. The first-order chi connectivity index (χ1) is 9.30. The van der Waals surface area contributed by atoms with Gasteiger partial charge < -0.3 is 4.57 Å². The van der Waals surface area contributed by atoms with Crippen LogP contribution in [0.2, 0.25) is 0 Å². The number of hydrogen-bond donors (Lipinski definition) is 0. The van der Waals surface area contributed by atoms with Gasteiger partial charge in [-0.05, 0) is 6.42 Å². The van der Waals surface area contributed by atoms with E-state index in [0.717, 1.165) is 17.0 Å². The molecule has 0 amide bonds. The first-order valence-corrected chi connectivity index (χ1v) is 7.00. The molecule has 2 heterocycles. The standard InChI is InChI=1S/C15H17N3S/c1-4-7-12(5-2)15-17-10-14(19-15)13(6-3)18-9-8-16-11-18/h4-5,7-11,13H,1-2,6H2,3H3/b12-7+. The monoisotopic (exact) mass is 271 g/mol. The number of thiazole rings is 1. The van der Waals surface area contributed by atoms with Gasteiger partial charge in [0.05, 0.1) is 12.4 Å². The lowest BCUT2D eigenvalue weighted by Crippen LogP contribution is -2.05. The van der Waals surface area contributed by atoms with Crippen LogP contribution in [0.4, 0.5) is 0 Å². The van der Waals surface area contributed by atoms with Crippen molar-refractivity contribution in [3.8, 4) is 0 Å². The quantitative estimate of drug-likeness (QED) is 0.741. The lowest BCUT2D eigenvalue weighted by atomic mass is 10.2. The zero-order valence-corrected chi connectivity index (χ0v) is 11.8. The number of hydrogen-bond acceptors (Lipinski definition) is 3. The fourth-order valence-electron chi connectivity index (χ4n) is 1.94. The summed E-state index contributed by atoms with van der Waals surface area (Å²) in [7, 11) is 0. The van der Waals surface area contributed by atoms with Gasteiger partial charge in [0.15, 0.2) is 0 Å². The van der Waals surface area contributed by atoms with Crippen molar-refractivity contribution in [2.75, 3.05) is 0 Å². The van der Waals surface area contributed by atoms with Gasteiger partial charge in [-0.3, -0.25) is 0 Å². The Kier molecular flexibility index (Phi) is 4.47. The van der Waals surface area contributed by atoms with Gasteiger partial charge in [-0.1, -0.05) is 38.3 Å². The van der Waals surface area contributed by atoms with Gasteiger partial charge in [0.2, 0.25) is 0 Å². The van der Waals surface area contributed by atoms with E-state index in [-0.39, 0.29) is 0 Å². The molecule has 0 aliphatic rings. The number of imidazole rings is 1. The summed E-state index contributed by atoms with van der Waals surface area (Å²) in [6.07, 6.45) is 14.1. The molecule has 0 aliphatic heterocycles. The van der Waals surface area contributed by atoms with E-state index in [9.17, 15) is 0 Å². The fraction of sp³-hybridized carbons (Fsp3) is 0.200. The fourth-order valence-corrected chi connectivity index (χ4v) is 3.07. The molecule has 2 aromatic heterocycles. The molecule has 0 bridgehead atoms. The first kappa shape index (κ1) is 13.5. The van der Waals surface area contributed by atoms with E-state index in [1.54, 1.807) is 23.6 Å². The molecule has 0 fully saturated rings. The molecule has 0 N–H and O–H groups in total. The maximum absolute atomic E-state index is 4.48. The van der Waals surface area contributed by atoms with Crippen molar-refractivity contribution in [1.82, 2.24) is 14.5 Å². The molecular weight excluding hydrogens is 254 g/mol. The Morgan fingerprint density at radius 1 is 1.53 bits per heavy atom. The second kappa shape index (κ2) is 6.29. The molecule has 19 heavy (non-hydrogen) atoms. The molecule has 0 saturated heterocycles. The molecule has 98 valence electrons. The third-order valence-corrected chi connectivity index (χ3v) is 4.04. The normalized spacial score (nSPS) is 13.2. The van der Waals surface area contributed by atoms with Crippen LogP contribution >= 0.6 is 11.3 Å². The predicted molar refractivity (Wildman–Crippen MR) is 81.1 cm³/mol. The lowest BCUT2D eigenvalue weighted by Gasteiger charge is -2.13. The second-order valence-electron chi connectivity index (χ2n) is 4.06. The molecule has 0 saturated carbocycles. The van der Waals surface area contributed by atoms with E-state index in [0.29, 0.717) is 6.04 Å². The smallest absolute Gasteiger partial charge is 0.123 e. The molecule has 0 spiro atoms. The van der Waals surface area contributed by atoms with Crippen molar-refractivity contribution in [1.29, 1.82) is 0 Å². The van der Waals surface area contributed by atoms with Crippen molar-refractivity contribution < 1.29 is 0 Å². The summed E-state index contributed by atoms with van der Waals surface area (Å²) < 4.78 is 2.11. The van der Waals surface area contributed by atoms with Crippen molar-refractivity contribution in [3.05, 3.63) is 66.2 Å². The summed E-state index contributed by atoms with van der Waals surface area (Å²) in [4.78, 5) is 9.82. The molecule has 2 aromatic rings. The van der Waals surface area contributed by atoms with E-state index in [4.69, 9.17) is 0 Å². The van der Waals surface area contributed by atoms with Gasteiger partial charge in [0, 0.05) is 29.0 Å². The molecule has 4 heteroatoms. The van der Waals surface area contributed by atoms with Crippen LogP contribution < -0.4 is 0 Å². The largest absolute Gasteiger partial charge is 0.329 e. The molecule has 1 unspecified atom stereocenters. The van der Waals surface area contributed by atoms with Crippen molar-refractivity contribution in [3.63, 3.8) is 0 Å². The zero-order chi connectivity index (χ0) is 13.7. The average molecular weight is 271 g/mol. The van der Waals surface area contributed by atoms with Crippen molar-refractivity contribution >= 4 is 16.9 Å². The maximum atomic E-state index is 4.48. The number of nitrogens with zero attached hydrogens (tertiary/aromatic N) is 3. The highest BCUT2D eigenvalue weighted by molar-refractivity contribution is 7.12. The van der Waals surface area contributed by atoms with E-state index < -0.39 is 0 Å². The van der Waals surface area contributed by atoms with Crippen LogP contribution in [0.5, 0.6) is 0 Å². The highest BCUT2D eigenvalue weighted by atomic mass is 32.1. The molecule has 0 aromatic carbocycles. The second-order valence-corrected chi connectivity index (χ2v) is 5.13. The number of allylic oxidation sites excluding steroid dienone is 4. The Balaban J connectivity index is 2.32. The molecule has 0 radical (unpaired) electrons. The lowest BCUT2D eigenvalue weighted by molar-refractivity contribution is 0.574. The number of rotatable bonds is 6. The van der Waals surface area contributed by atoms with Gasteiger partial charge in [-0.2, -0.15) is 0 Å². The van der Waals surface area contributed by atoms with E-state index >= 15 is 0 Å².